The van der Waals surface area contributed by atoms with Crippen molar-refractivity contribution in [1.82, 2.24) is 0 Å². The SMILES string of the molecule is COc1cccc(C=Cc2ccc(C(F)(F)F)cc2)c1OC. The maximum Gasteiger partial charge on any atom is 0.416 e. The quantitative estimate of drug-likeness (QED) is 0.748. The second-order valence-electron chi connectivity index (χ2n) is 4.54. The zero-order valence-corrected chi connectivity index (χ0v) is 12.1. The maximum absolute atomic E-state index is 12.5. The highest BCUT2D eigenvalue weighted by molar-refractivity contribution is 5.74. The van der Waals surface area contributed by atoms with Crippen LogP contribution in [0.5, 0.6) is 11.5 Å². The molecule has 2 aromatic carbocycles. The minimum absolute atomic E-state index is 0.577. The molecule has 0 N–H and O–H groups in total. The van der Waals surface area contributed by atoms with Gasteiger partial charge in [0.1, 0.15) is 0 Å². The van der Waals surface area contributed by atoms with E-state index in [1.807, 2.05) is 12.1 Å². The lowest BCUT2D eigenvalue weighted by molar-refractivity contribution is -0.137. The summed E-state index contributed by atoms with van der Waals surface area (Å²) in [6, 6.07) is 10.4. The molecule has 0 amide bonds. The highest BCUT2D eigenvalue weighted by atomic mass is 19.4. The molecule has 0 bridgehead atoms. The number of para-hydroxylation sites is 1. The zero-order chi connectivity index (χ0) is 16.2. The molecule has 22 heavy (non-hydrogen) atoms. The van der Waals surface area contributed by atoms with Crippen molar-refractivity contribution in [3.8, 4) is 11.5 Å². The normalized spacial score (nSPS) is 11.7. The highest BCUT2D eigenvalue weighted by Gasteiger charge is 2.29. The molecule has 0 unspecified atom stereocenters. The third-order valence-corrected chi connectivity index (χ3v) is 3.13. The first-order valence-electron chi connectivity index (χ1n) is 6.52. The molecule has 0 aliphatic heterocycles. The van der Waals surface area contributed by atoms with E-state index < -0.39 is 11.7 Å². The van der Waals surface area contributed by atoms with E-state index in [0.717, 1.165) is 17.7 Å². The molecule has 0 atom stereocenters. The van der Waals surface area contributed by atoms with Gasteiger partial charge in [0.2, 0.25) is 0 Å². The topological polar surface area (TPSA) is 18.5 Å². The minimum Gasteiger partial charge on any atom is -0.493 e. The van der Waals surface area contributed by atoms with Gasteiger partial charge in [0, 0.05) is 5.56 Å². The van der Waals surface area contributed by atoms with Gasteiger partial charge in [-0.25, -0.2) is 0 Å². The Kier molecular flexibility index (Phi) is 4.75. The van der Waals surface area contributed by atoms with E-state index in [1.54, 1.807) is 25.3 Å². The number of methoxy groups -OCH3 is 2. The van der Waals surface area contributed by atoms with Crippen LogP contribution in [0.2, 0.25) is 0 Å². The molecule has 0 spiro atoms. The van der Waals surface area contributed by atoms with Gasteiger partial charge in [-0.05, 0) is 23.8 Å². The lowest BCUT2D eigenvalue weighted by atomic mass is 10.1. The van der Waals surface area contributed by atoms with E-state index in [2.05, 4.69) is 0 Å². The molecule has 0 aliphatic rings. The number of hydrogen-bond acceptors (Lipinski definition) is 2. The largest absolute Gasteiger partial charge is 0.493 e. The molecule has 116 valence electrons. The molecular weight excluding hydrogens is 293 g/mol. The van der Waals surface area contributed by atoms with Crippen LogP contribution in [-0.2, 0) is 6.18 Å². The molecule has 0 fully saturated rings. The maximum atomic E-state index is 12.5. The number of ether oxygens (including phenoxy) is 2. The van der Waals surface area contributed by atoms with Crippen LogP contribution in [0, 0.1) is 0 Å². The fourth-order valence-electron chi connectivity index (χ4n) is 2.01. The Morgan fingerprint density at radius 1 is 0.864 bits per heavy atom. The number of alkyl halides is 3. The van der Waals surface area contributed by atoms with Gasteiger partial charge in [0.15, 0.2) is 11.5 Å². The molecule has 5 heteroatoms. The highest BCUT2D eigenvalue weighted by Crippen LogP contribution is 2.32. The van der Waals surface area contributed by atoms with E-state index in [1.165, 1.54) is 19.2 Å². The van der Waals surface area contributed by atoms with Crippen molar-refractivity contribution in [2.45, 2.75) is 6.18 Å². The Balaban J connectivity index is 2.26. The predicted molar refractivity (Wildman–Crippen MR) is 79.9 cm³/mol. The summed E-state index contributed by atoms with van der Waals surface area (Å²) in [6.45, 7) is 0. The Bertz CT molecular complexity index is 659. The molecule has 0 saturated carbocycles. The van der Waals surface area contributed by atoms with E-state index in [4.69, 9.17) is 9.47 Å². The first-order chi connectivity index (χ1) is 10.5. The summed E-state index contributed by atoms with van der Waals surface area (Å²) in [5.74, 6) is 1.17. The second kappa shape index (κ2) is 6.56. The Morgan fingerprint density at radius 2 is 1.55 bits per heavy atom. The summed E-state index contributed by atoms with van der Waals surface area (Å²) in [5, 5.41) is 0. The van der Waals surface area contributed by atoms with Gasteiger partial charge in [0.05, 0.1) is 19.8 Å². The lowest BCUT2D eigenvalue weighted by Gasteiger charge is -2.10. The Hall–Kier alpha value is -2.43. The van der Waals surface area contributed by atoms with Crippen LogP contribution < -0.4 is 9.47 Å². The Labute approximate surface area is 126 Å². The molecule has 2 aromatic rings. The number of halogens is 3. The average Bonchev–Trinajstić information content (AvgIpc) is 2.51. The van der Waals surface area contributed by atoms with E-state index >= 15 is 0 Å². The predicted octanol–water partition coefficient (Wildman–Crippen LogP) is 4.89. The van der Waals surface area contributed by atoms with Crippen molar-refractivity contribution in [2.75, 3.05) is 14.2 Å². The lowest BCUT2D eigenvalue weighted by Crippen LogP contribution is -2.03. The molecule has 0 aliphatic carbocycles. The average molecular weight is 308 g/mol. The smallest absolute Gasteiger partial charge is 0.416 e. The standard InChI is InChI=1S/C17H15F3O2/c1-21-15-5-3-4-13(16(15)22-2)9-6-12-7-10-14(11-8-12)17(18,19)20/h3-11H,1-2H3. The number of hydrogen-bond donors (Lipinski definition) is 0. The number of benzene rings is 2. The second-order valence-corrected chi connectivity index (χ2v) is 4.54. The fraction of sp³-hybridized carbons (Fsp3) is 0.176. The monoisotopic (exact) mass is 308 g/mol. The molecule has 2 nitrogen and oxygen atoms in total. The molecular formula is C17H15F3O2. The van der Waals surface area contributed by atoms with E-state index in [9.17, 15) is 13.2 Å². The number of rotatable bonds is 4. The van der Waals surface area contributed by atoms with Gasteiger partial charge >= 0.3 is 6.18 Å². The minimum atomic E-state index is -4.32. The molecule has 0 radical (unpaired) electrons. The first kappa shape index (κ1) is 15.9. The van der Waals surface area contributed by atoms with Crippen LogP contribution in [-0.4, -0.2) is 14.2 Å². The van der Waals surface area contributed by atoms with Gasteiger partial charge in [-0.1, -0.05) is 36.4 Å². The molecule has 0 saturated heterocycles. The van der Waals surface area contributed by atoms with Crippen molar-refractivity contribution in [1.29, 1.82) is 0 Å². The van der Waals surface area contributed by atoms with Crippen molar-refractivity contribution in [2.24, 2.45) is 0 Å². The van der Waals surface area contributed by atoms with Crippen LogP contribution >= 0.6 is 0 Å². The summed E-state index contributed by atoms with van der Waals surface area (Å²) in [7, 11) is 3.08. The van der Waals surface area contributed by atoms with E-state index in [-0.39, 0.29) is 0 Å². The van der Waals surface area contributed by atoms with E-state index in [0.29, 0.717) is 17.1 Å². The van der Waals surface area contributed by atoms with Crippen molar-refractivity contribution >= 4 is 12.2 Å². The summed E-state index contributed by atoms with van der Waals surface area (Å²) in [6.07, 6.45) is -0.834. The first-order valence-corrected chi connectivity index (χ1v) is 6.52. The van der Waals surface area contributed by atoms with Gasteiger partial charge in [-0.3, -0.25) is 0 Å². The zero-order valence-electron chi connectivity index (χ0n) is 12.1. The summed E-state index contributed by atoms with van der Waals surface area (Å²) < 4.78 is 48.0. The summed E-state index contributed by atoms with van der Waals surface area (Å²) in [5.41, 5.74) is 0.781. The van der Waals surface area contributed by atoms with Crippen molar-refractivity contribution in [3.05, 3.63) is 59.2 Å². The van der Waals surface area contributed by atoms with Crippen molar-refractivity contribution < 1.29 is 22.6 Å². The Morgan fingerprint density at radius 3 is 2.09 bits per heavy atom. The van der Waals surface area contributed by atoms with Gasteiger partial charge in [-0.15, -0.1) is 0 Å². The van der Waals surface area contributed by atoms with Gasteiger partial charge in [0.25, 0.3) is 0 Å². The molecule has 2 rings (SSSR count). The van der Waals surface area contributed by atoms with Crippen LogP contribution in [0.1, 0.15) is 16.7 Å². The van der Waals surface area contributed by atoms with Gasteiger partial charge < -0.3 is 9.47 Å². The third kappa shape index (κ3) is 3.61. The van der Waals surface area contributed by atoms with Crippen LogP contribution in [0.3, 0.4) is 0 Å². The fourth-order valence-corrected chi connectivity index (χ4v) is 2.01. The third-order valence-electron chi connectivity index (χ3n) is 3.13. The van der Waals surface area contributed by atoms with Crippen molar-refractivity contribution in [3.63, 3.8) is 0 Å². The molecule has 0 heterocycles. The van der Waals surface area contributed by atoms with Crippen LogP contribution in [0.15, 0.2) is 42.5 Å². The summed E-state index contributed by atoms with van der Waals surface area (Å²) in [4.78, 5) is 0. The van der Waals surface area contributed by atoms with Crippen LogP contribution in [0.25, 0.3) is 12.2 Å². The summed E-state index contributed by atoms with van der Waals surface area (Å²) >= 11 is 0. The molecule has 0 aromatic heterocycles. The van der Waals surface area contributed by atoms with Crippen LogP contribution in [0.4, 0.5) is 13.2 Å². The van der Waals surface area contributed by atoms with Gasteiger partial charge in [-0.2, -0.15) is 13.2 Å².